The summed E-state index contributed by atoms with van der Waals surface area (Å²) in [4.78, 5) is 7.83. The van der Waals surface area contributed by atoms with Gasteiger partial charge in [-0.15, -0.1) is 0 Å². The smallest absolute Gasteiger partial charge is 0.112 e. The van der Waals surface area contributed by atoms with Crippen LogP contribution in [-0.2, 0) is 6.42 Å². The van der Waals surface area contributed by atoms with Gasteiger partial charge in [0.25, 0.3) is 0 Å². The van der Waals surface area contributed by atoms with Crippen LogP contribution in [0.25, 0.3) is 11.0 Å². The lowest BCUT2D eigenvalue weighted by Crippen LogP contribution is -1.93. The fourth-order valence-electron chi connectivity index (χ4n) is 2.23. The number of nitrogens with two attached hydrogens (primary N) is 1. The van der Waals surface area contributed by atoms with Gasteiger partial charge in [-0.25, -0.2) is 4.98 Å². The molecule has 96 valence electrons. The predicted molar refractivity (Wildman–Crippen MR) is 79.5 cm³/mol. The predicted octanol–water partition coefficient (Wildman–Crippen LogP) is 3.70. The molecule has 1 aromatic heterocycles. The van der Waals surface area contributed by atoms with Crippen LogP contribution in [0.3, 0.4) is 0 Å². The van der Waals surface area contributed by atoms with Crippen molar-refractivity contribution in [1.82, 2.24) is 9.97 Å². The molecule has 0 saturated heterocycles. The zero-order valence-electron chi connectivity index (χ0n) is 10.6. The third-order valence-electron chi connectivity index (χ3n) is 3.25. The van der Waals surface area contributed by atoms with Crippen LogP contribution in [-0.4, -0.2) is 9.97 Å². The Morgan fingerprint density at radius 2 is 2.05 bits per heavy atom. The molecule has 1 heterocycles. The van der Waals surface area contributed by atoms with Gasteiger partial charge in [0.2, 0.25) is 0 Å². The van der Waals surface area contributed by atoms with Gasteiger partial charge in [0.1, 0.15) is 11.3 Å². The van der Waals surface area contributed by atoms with Gasteiger partial charge >= 0.3 is 0 Å². The number of hydrogen-bond acceptors (Lipinski definition) is 2. The highest BCUT2D eigenvalue weighted by atomic mass is 35.5. The molecule has 2 aromatic carbocycles. The van der Waals surface area contributed by atoms with E-state index in [-0.39, 0.29) is 0 Å². The molecule has 0 unspecified atom stereocenters. The zero-order chi connectivity index (χ0) is 13.4. The highest BCUT2D eigenvalue weighted by molar-refractivity contribution is 6.31. The van der Waals surface area contributed by atoms with Crippen molar-refractivity contribution in [2.24, 2.45) is 0 Å². The van der Waals surface area contributed by atoms with Crippen LogP contribution in [0, 0.1) is 6.92 Å². The molecule has 0 atom stereocenters. The summed E-state index contributed by atoms with van der Waals surface area (Å²) in [7, 11) is 0. The fraction of sp³-hybridized carbons (Fsp3) is 0.133. The number of aromatic nitrogens is 2. The van der Waals surface area contributed by atoms with Gasteiger partial charge in [-0.3, -0.25) is 0 Å². The van der Waals surface area contributed by atoms with Crippen molar-refractivity contribution in [3.8, 4) is 0 Å². The molecule has 19 heavy (non-hydrogen) atoms. The lowest BCUT2D eigenvalue weighted by Gasteiger charge is -2.02. The van der Waals surface area contributed by atoms with E-state index in [2.05, 4.69) is 29.0 Å². The van der Waals surface area contributed by atoms with Crippen LogP contribution in [0.1, 0.15) is 17.0 Å². The summed E-state index contributed by atoms with van der Waals surface area (Å²) in [5.74, 6) is 0.901. The van der Waals surface area contributed by atoms with Crippen molar-refractivity contribution < 1.29 is 0 Å². The number of nitrogens with one attached hydrogen (secondary N) is 1. The molecule has 3 N–H and O–H groups in total. The summed E-state index contributed by atoms with van der Waals surface area (Å²) in [6, 6.07) is 11.9. The van der Waals surface area contributed by atoms with Gasteiger partial charge in [-0.05, 0) is 30.2 Å². The van der Waals surface area contributed by atoms with Crippen LogP contribution in [0.4, 0.5) is 5.69 Å². The lowest BCUT2D eigenvalue weighted by molar-refractivity contribution is 1.03. The Labute approximate surface area is 116 Å². The quantitative estimate of drug-likeness (QED) is 0.698. The van der Waals surface area contributed by atoms with Gasteiger partial charge in [0, 0.05) is 11.4 Å². The van der Waals surface area contributed by atoms with Crippen molar-refractivity contribution in [2.45, 2.75) is 13.3 Å². The summed E-state index contributed by atoms with van der Waals surface area (Å²) in [6.45, 7) is 2.10. The molecule has 4 heteroatoms. The van der Waals surface area contributed by atoms with E-state index in [0.717, 1.165) is 23.3 Å². The number of hydrogen-bond donors (Lipinski definition) is 2. The van der Waals surface area contributed by atoms with E-state index in [1.54, 1.807) is 6.07 Å². The number of H-pyrrole nitrogens is 1. The SMILES string of the molecule is Cc1ccccc1Cc1nc2c(N)cc(Cl)cc2[nH]1. The summed E-state index contributed by atoms with van der Waals surface area (Å²) in [5.41, 5.74) is 10.7. The highest BCUT2D eigenvalue weighted by Gasteiger charge is 2.08. The summed E-state index contributed by atoms with van der Waals surface area (Å²) in [6.07, 6.45) is 0.762. The van der Waals surface area contributed by atoms with Gasteiger partial charge < -0.3 is 10.7 Å². The molecule has 0 bridgehead atoms. The molecule has 0 amide bonds. The Kier molecular flexibility index (Phi) is 2.91. The minimum absolute atomic E-state index is 0.606. The molecular weight excluding hydrogens is 258 g/mol. The first-order valence-corrected chi connectivity index (χ1v) is 6.49. The van der Waals surface area contributed by atoms with E-state index < -0.39 is 0 Å². The lowest BCUT2D eigenvalue weighted by atomic mass is 10.1. The van der Waals surface area contributed by atoms with Crippen LogP contribution in [0.5, 0.6) is 0 Å². The number of halogens is 1. The summed E-state index contributed by atoms with van der Waals surface area (Å²) >= 11 is 5.99. The molecule has 3 rings (SSSR count). The second-order valence-electron chi connectivity index (χ2n) is 4.68. The first-order chi connectivity index (χ1) is 9.13. The second-order valence-corrected chi connectivity index (χ2v) is 5.11. The molecular formula is C15H14ClN3. The maximum absolute atomic E-state index is 5.99. The van der Waals surface area contributed by atoms with Crippen molar-refractivity contribution >= 4 is 28.3 Å². The van der Waals surface area contributed by atoms with Crippen LogP contribution in [0.2, 0.25) is 5.02 Å². The van der Waals surface area contributed by atoms with Crippen LogP contribution >= 0.6 is 11.6 Å². The fourth-order valence-corrected chi connectivity index (χ4v) is 2.46. The molecule has 3 aromatic rings. The minimum atomic E-state index is 0.606. The number of aromatic amines is 1. The van der Waals surface area contributed by atoms with Crippen molar-refractivity contribution in [1.29, 1.82) is 0 Å². The van der Waals surface area contributed by atoms with Crippen molar-refractivity contribution in [2.75, 3.05) is 5.73 Å². The largest absolute Gasteiger partial charge is 0.397 e. The number of nitrogen functional groups attached to an aromatic ring is 1. The van der Waals surface area contributed by atoms with Gasteiger partial charge in [-0.1, -0.05) is 35.9 Å². The molecule has 0 aliphatic rings. The number of rotatable bonds is 2. The number of imidazole rings is 1. The number of benzene rings is 2. The van der Waals surface area contributed by atoms with Gasteiger partial charge in [0.15, 0.2) is 0 Å². The third kappa shape index (κ3) is 2.29. The Balaban J connectivity index is 2.03. The van der Waals surface area contributed by atoms with Crippen molar-refractivity contribution in [3.05, 3.63) is 58.4 Å². The van der Waals surface area contributed by atoms with E-state index in [9.17, 15) is 0 Å². The Hall–Kier alpha value is -2.00. The monoisotopic (exact) mass is 271 g/mol. The maximum atomic E-state index is 5.99. The minimum Gasteiger partial charge on any atom is -0.397 e. The number of nitrogens with zero attached hydrogens (tertiary/aromatic N) is 1. The maximum Gasteiger partial charge on any atom is 0.112 e. The molecule has 0 fully saturated rings. The number of anilines is 1. The van der Waals surface area contributed by atoms with Crippen molar-refractivity contribution in [3.63, 3.8) is 0 Å². The second kappa shape index (κ2) is 4.59. The van der Waals surface area contributed by atoms with E-state index in [4.69, 9.17) is 17.3 Å². The van der Waals surface area contributed by atoms with E-state index >= 15 is 0 Å². The topological polar surface area (TPSA) is 54.7 Å². The Morgan fingerprint density at radius 1 is 1.26 bits per heavy atom. The number of aryl methyl sites for hydroxylation is 1. The molecule has 0 aliphatic carbocycles. The molecule has 0 saturated carbocycles. The molecule has 0 aliphatic heterocycles. The average Bonchev–Trinajstić information content (AvgIpc) is 2.75. The van der Waals surface area contributed by atoms with Gasteiger partial charge in [-0.2, -0.15) is 0 Å². The normalized spacial score (nSPS) is 11.1. The van der Waals surface area contributed by atoms with E-state index in [0.29, 0.717) is 10.7 Å². The average molecular weight is 272 g/mol. The van der Waals surface area contributed by atoms with Gasteiger partial charge in [0.05, 0.1) is 11.2 Å². The summed E-state index contributed by atoms with van der Waals surface area (Å²) < 4.78 is 0. The molecule has 3 nitrogen and oxygen atoms in total. The zero-order valence-corrected chi connectivity index (χ0v) is 11.3. The molecule has 0 radical (unpaired) electrons. The first-order valence-electron chi connectivity index (χ1n) is 6.11. The van der Waals surface area contributed by atoms with E-state index in [1.165, 1.54) is 11.1 Å². The highest BCUT2D eigenvalue weighted by Crippen LogP contribution is 2.25. The first kappa shape index (κ1) is 12.1. The molecule has 0 spiro atoms. The standard InChI is InChI=1S/C15H14ClN3/c1-9-4-2-3-5-10(9)6-14-18-13-8-11(16)7-12(17)15(13)19-14/h2-5,7-8H,6,17H2,1H3,(H,18,19). The Morgan fingerprint density at radius 3 is 2.84 bits per heavy atom. The van der Waals surface area contributed by atoms with E-state index in [1.807, 2.05) is 18.2 Å². The Bertz CT molecular complexity index is 746. The third-order valence-corrected chi connectivity index (χ3v) is 3.47. The van der Waals surface area contributed by atoms with Crippen LogP contribution < -0.4 is 5.73 Å². The van der Waals surface area contributed by atoms with Crippen LogP contribution in [0.15, 0.2) is 36.4 Å². The summed E-state index contributed by atoms with van der Waals surface area (Å²) in [5, 5.41) is 0.621. The number of fused-ring (bicyclic) bond motifs is 1.